The SMILES string of the molecule is COc1ccc(CN2C(=O)C3C(C2=O)C3c2ccc(OC)cc2)cc1. The van der Waals surface area contributed by atoms with Gasteiger partial charge in [-0.2, -0.15) is 0 Å². The van der Waals surface area contributed by atoms with Gasteiger partial charge in [0.1, 0.15) is 11.5 Å². The third-order valence-electron chi connectivity index (χ3n) is 5.12. The molecule has 4 rings (SSSR count). The molecule has 2 fully saturated rings. The molecule has 2 aromatic rings. The normalized spacial score (nSPS) is 24.2. The minimum atomic E-state index is -0.209. The van der Waals surface area contributed by atoms with E-state index < -0.39 is 0 Å². The van der Waals surface area contributed by atoms with Crippen LogP contribution in [0, 0.1) is 11.8 Å². The van der Waals surface area contributed by atoms with Crippen molar-refractivity contribution < 1.29 is 19.1 Å². The lowest BCUT2D eigenvalue weighted by Gasteiger charge is -2.18. The van der Waals surface area contributed by atoms with Crippen molar-refractivity contribution in [3.8, 4) is 11.5 Å². The molecule has 1 aliphatic heterocycles. The van der Waals surface area contributed by atoms with Crippen LogP contribution in [0.4, 0.5) is 0 Å². The summed E-state index contributed by atoms with van der Waals surface area (Å²) in [6, 6.07) is 15.0. The molecule has 2 amide bonds. The van der Waals surface area contributed by atoms with Crippen molar-refractivity contribution in [1.29, 1.82) is 0 Å². The molecule has 2 unspecified atom stereocenters. The van der Waals surface area contributed by atoms with Crippen molar-refractivity contribution in [1.82, 2.24) is 4.90 Å². The number of nitrogens with zero attached hydrogens (tertiary/aromatic N) is 1. The highest BCUT2D eigenvalue weighted by molar-refractivity contribution is 6.10. The lowest BCUT2D eigenvalue weighted by atomic mass is 10.1. The highest BCUT2D eigenvalue weighted by Crippen LogP contribution is 2.59. The van der Waals surface area contributed by atoms with E-state index in [0.29, 0.717) is 6.54 Å². The number of likely N-dealkylation sites (tertiary alicyclic amines) is 1. The number of amides is 2. The minimum absolute atomic E-state index is 0.0121. The Balaban J connectivity index is 1.47. The predicted molar refractivity (Wildman–Crippen MR) is 91.3 cm³/mol. The number of methoxy groups -OCH3 is 2. The molecule has 5 heteroatoms. The molecule has 0 N–H and O–H groups in total. The number of hydrogen-bond donors (Lipinski definition) is 0. The first-order valence-electron chi connectivity index (χ1n) is 8.26. The van der Waals surface area contributed by atoms with Crippen molar-refractivity contribution in [2.75, 3.05) is 14.2 Å². The molecule has 0 radical (unpaired) electrons. The molecule has 2 aromatic carbocycles. The molecule has 25 heavy (non-hydrogen) atoms. The quantitative estimate of drug-likeness (QED) is 0.787. The Morgan fingerprint density at radius 3 is 1.72 bits per heavy atom. The summed E-state index contributed by atoms with van der Waals surface area (Å²) in [5, 5.41) is 0. The Bertz CT molecular complexity index is 791. The van der Waals surface area contributed by atoms with Gasteiger partial charge in [0.15, 0.2) is 0 Å². The molecule has 128 valence electrons. The summed E-state index contributed by atoms with van der Waals surface area (Å²) in [6.07, 6.45) is 0. The van der Waals surface area contributed by atoms with Crippen LogP contribution in [-0.2, 0) is 16.1 Å². The summed E-state index contributed by atoms with van der Waals surface area (Å²) >= 11 is 0. The van der Waals surface area contributed by atoms with Gasteiger partial charge in [-0.15, -0.1) is 0 Å². The summed E-state index contributed by atoms with van der Waals surface area (Å²) in [6.45, 7) is 0.323. The van der Waals surface area contributed by atoms with Gasteiger partial charge in [-0.25, -0.2) is 0 Å². The van der Waals surface area contributed by atoms with E-state index >= 15 is 0 Å². The molecule has 2 aliphatic rings. The van der Waals surface area contributed by atoms with Crippen LogP contribution < -0.4 is 9.47 Å². The Morgan fingerprint density at radius 1 is 0.760 bits per heavy atom. The fourth-order valence-corrected chi connectivity index (χ4v) is 3.70. The largest absolute Gasteiger partial charge is 0.497 e. The zero-order valence-corrected chi connectivity index (χ0v) is 14.1. The number of hydrogen-bond acceptors (Lipinski definition) is 4. The molecular formula is C20H19NO4. The number of piperidine rings is 1. The van der Waals surface area contributed by atoms with Crippen LogP contribution >= 0.6 is 0 Å². The topological polar surface area (TPSA) is 55.8 Å². The van der Waals surface area contributed by atoms with Gasteiger partial charge in [0.05, 0.1) is 32.6 Å². The number of carbonyl (C=O) groups excluding carboxylic acids is 2. The summed E-state index contributed by atoms with van der Waals surface area (Å²) in [4.78, 5) is 26.7. The fourth-order valence-electron chi connectivity index (χ4n) is 3.70. The first-order valence-corrected chi connectivity index (χ1v) is 8.26. The second-order valence-electron chi connectivity index (χ2n) is 6.46. The van der Waals surface area contributed by atoms with Gasteiger partial charge in [-0.3, -0.25) is 14.5 Å². The number of carbonyl (C=O) groups is 2. The molecule has 2 atom stereocenters. The molecule has 0 bridgehead atoms. The van der Waals surface area contributed by atoms with Crippen LogP contribution in [0.1, 0.15) is 17.0 Å². The number of benzene rings is 2. The average Bonchev–Trinajstić information content (AvgIpc) is 3.35. The summed E-state index contributed by atoms with van der Waals surface area (Å²) < 4.78 is 10.3. The Morgan fingerprint density at radius 2 is 1.24 bits per heavy atom. The van der Waals surface area contributed by atoms with Crippen LogP contribution in [0.25, 0.3) is 0 Å². The molecule has 1 saturated heterocycles. The van der Waals surface area contributed by atoms with Crippen LogP contribution in [-0.4, -0.2) is 30.9 Å². The van der Waals surface area contributed by atoms with Crippen LogP contribution in [0.15, 0.2) is 48.5 Å². The monoisotopic (exact) mass is 337 g/mol. The number of rotatable bonds is 5. The van der Waals surface area contributed by atoms with E-state index in [9.17, 15) is 9.59 Å². The van der Waals surface area contributed by atoms with Crippen molar-refractivity contribution in [2.24, 2.45) is 11.8 Å². The summed E-state index contributed by atoms with van der Waals surface area (Å²) in [5.74, 6) is 0.994. The molecule has 0 aromatic heterocycles. The van der Waals surface area contributed by atoms with E-state index in [4.69, 9.17) is 9.47 Å². The van der Waals surface area contributed by atoms with Gasteiger partial charge in [0.25, 0.3) is 0 Å². The Kier molecular flexibility index (Phi) is 3.71. The minimum Gasteiger partial charge on any atom is -0.497 e. The maximum atomic E-state index is 12.6. The zero-order valence-electron chi connectivity index (χ0n) is 14.1. The van der Waals surface area contributed by atoms with E-state index in [1.54, 1.807) is 14.2 Å². The maximum Gasteiger partial charge on any atom is 0.234 e. The van der Waals surface area contributed by atoms with Crippen LogP contribution in [0.2, 0.25) is 0 Å². The van der Waals surface area contributed by atoms with Crippen molar-refractivity contribution >= 4 is 11.8 Å². The average molecular weight is 337 g/mol. The molecule has 0 spiro atoms. The van der Waals surface area contributed by atoms with E-state index in [2.05, 4.69) is 0 Å². The summed E-state index contributed by atoms with van der Waals surface area (Å²) in [5.41, 5.74) is 1.95. The molecule has 5 nitrogen and oxygen atoms in total. The third kappa shape index (κ3) is 2.56. The second kappa shape index (κ2) is 5.92. The van der Waals surface area contributed by atoms with Gasteiger partial charge < -0.3 is 9.47 Å². The van der Waals surface area contributed by atoms with E-state index in [1.165, 1.54) is 4.90 Å². The zero-order chi connectivity index (χ0) is 17.6. The van der Waals surface area contributed by atoms with E-state index in [1.807, 2.05) is 48.5 Å². The number of ether oxygens (including phenoxy) is 2. The predicted octanol–water partition coefficient (Wildman–Crippen LogP) is 2.60. The molecule has 1 saturated carbocycles. The molecular weight excluding hydrogens is 318 g/mol. The van der Waals surface area contributed by atoms with Gasteiger partial charge in [0.2, 0.25) is 11.8 Å². The van der Waals surface area contributed by atoms with Gasteiger partial charge in [-0.1, -0.05) is 24.3 Å². The van der Waals surface area contributed by atoms with Crippen molar-refractivity contribution in [3.63, 3.8) is 0 Å². The lowest BCUT2D eigenvalue weighted by molar-refractivity contribution is -0.142. The Hall–Kier alpha value is -2.82. The lowest BCUT2D eigenvalue weighted by Crippen LogP contribution is -2.33. The van der Waals surface area contributed by atoms with Gasteiger partial charge >= 0.3 is 0 Å². The standard InChI is InChI=1S/C20H19NO4/c1-24-14-7-3-12(4-8-14)11-21-19(22)17-16(18(17)20(21)23)13-5-9-15(25-2)10-6-13/h3-10,16-18H,11H2,1-2H3. The second-order valence-corrected chi connectivity index (χ2v) is 6.46. The van der Waals surface area contributed by atoms with Crippen molar-refractivity contribution in [2.45, 2.75) is 12.5 Å². The highest BCUT2D eigenvalue weighted by Gasteiger charge is 2.67. The molecule has 1 aliphatic carbocycles. The van der Waals surface area contributed by atoms with Gasteiger partial charge in [-0.05, 0) is 35.4 Å². The van der Waals surface area contributed by atoms with Gasteiger partial charge in [0, 0.05) is 5.92 Å². The third-order valence-corrected chi connectivity index (χ3v) is 5.12. The van der Waals surface area contributed by atoms with Crippen LogP contribution in [0.5, 0.6) is 11.5 Å². The van der Waals surface area contributed by atoms with E-state index in [-0.39, 0.29) is 29.6 Å². The van der Waals surface area contributed by atoms with E-state index in [0.717, 1.165) is 22.6 Å². The van der Waals surface area contributed by atoms with Crippen molar-refractivity contribution in [3.05, 3.63) is 59.7 Å². The van der Waals surface area contributed by atoms with Crippen LogP contribution in [0.3, 0.4) is 0 Å². The summed E-state index contributed by atoms with van der Waals surface area (Å²) in [7, 11) is 3.22. The fraction of sp³-hybridized carbons (Fsp3) is 0.300. The molecule has 1 heterocycles. The highest BCUT2D eigenvalue weighted by atomic mass is 16.5. The number of imide groups is 1. The number of fused-ring (bicyclic) bond motifs is 1. The first kappa shape index (κ1) is 15.7. The first-order chi connectivity index (χ1) is 12.1. The smallest absolute Gasteiger partial charge is 0.234 e. The Labute approximate surface area is 146 Å². The maximum absolute atomic E-state index is 12.6.